The van der Waals surface area contributed by atoms with E-state index in [4.69, 9.17) is 27.9 Å². The zero-order valence-corrected chi connectivity index (χ0v) is 14.1. The Morgan fingerprint density at radius 3 is 2.44 bits per heavy atom. The van der Waals surface area contributed by atoms with E-state index in [1.54, 1.807) is 0 Å². The molecule has 2 rings (SSSR count). The number of nitrogens with one attached hydrogen (secondary N) is 1. The predicted octanol–water partition coefficient (Wildman–Crippen LogP) is 4.59. The maximum atomic E-state index is 13.5. The zero-order chi connectivity index (χ0) is 18.7. The Kier molecular flexibility index (Phi) is 5.92. The first-order chi connectivity index (χ1) is 11.7. The van der Waals surface area contributed by atoms with Crippen molar-refractivity contribution < 1.29 is 27.5 Å². The van der Waals surface area contributed by atoms with Crippen molar-refractivity contribution in [1.82, 2.24) is 0 Å². The smallest absolute Gasteiger partial charge is 0.340 e. The van der Waals surface area contributed by atoms with E-state index in [0.29, 0.717) is 6.07 Å². The summed E-state index contributed by atoms with van der Waals surface area (Å²) in [7, 11) is 0. The Hall–Kier alpha value is -2.25. The highest BCUT2D eigenvalue weighted by Crippen LogP contribution is 2.26. The summed E-state index contributed by atoms with van der Waals surface area (Å²) < 4.78 is 44.5. The van der Waals surface area contributed by atoms with E-state index in [0.717, 1.165) is 6.07 Å². The number of ether oxygens (including phenoxy) is 1. The molecule has 1 N–H and O–H groups in total. The second kappa shape index (κ2) is 7.76. The molecule has 1 unspecified atom stereocenters. The standard InChI is InChI=1S/C16H10Cl2F3NO3/c1-7(25-16(24)8-3-2-4-9(17)12(8)18)15(23)22-11-6-5-10(19)13(20)14(11)21/h2-7H,1H3,(H,22,23). The molecule has 0 radical (unpaired) electrons. The second-order valence-corrected chi connectivity index (χ2v) is 5.65. The first kappa shape index (κ1) is 19.1. The van der Waals surface area contributed by atoms with Gasteiger partial charge in [0.1, 0.15) is 0 Å². The number of carbonyl (C=O) groups is 2. The lowest BCUT2D eigenvalue weighted by Gasteiger charge is -2.14. The number of benzene rings is 2. The average molecular weight is 392 g/mol. The molecule has 1 amide bonds. The number of rotatable bonds is 4. The van der Waals surface area contributed by atoms with Crippen molar-refractivity contribution in [3.05, 3.63) is 63.4 Å². The molecule has 2 aromatic rings. The van der Waals surface area contributed by atoms with Gasteiger partial charge in [0.2, 0.25) is 0 Å². The third-order valence-corrected chi connectivity index (χ3v) is 3.94. The lowest BCUT2D eigenvalue weighted by Crippen LogP contribution is -2.30. The van der Waals surface area contributed by atoms with Crippen molar-refractivity contribution in [3.8, 4) is 0 Å². The van der Waals surface area contributed by atoms with Crippen LogP contribution in [-0.2, 0) is 9.53 Å². The van der Waals surface area contributed by atoms with Gasteiger partial charge in [-0.2, -0.15) is 0 Å². The third kappa shape index (κ3) is 4.24. The number of esters is 1. The van der Waals surface area contributed by atoms with E-state index in [1.807, 2.05) is 5.32 Å². The summed E-state index contributed by atoms with van der Waals surface area (Å²) in [5, 5.41) is 2.08. The van der Waals surface area contributed by atoms with E-state index in [9.17, 15) is 22.8 Å². The normalized spacial score (nSPS) is 11.8. The molecule has 25 heavy (non-hydrogen) atoms. The summed E-state index contributed by atoms with van der Waals surface area (Å²) in [6, 6.07) is 5.76. The molecule has 0 aliphatic rings. The number of carbonyl (C=O) groups excluding carboxylic acids is 2. The van der Waals surface area contributed by atoms with Gasteiger partial charge in [-0.25, -0.2) is 18.0 Å². The van der Waals surface area contributed by atoms with E-state index in [1.165, 1.54) is 25.1 Å². The molecule has 0 saturated heterocycles. The van der Waals surface area contributed by atoms with Crippen molar-refractivity contribution in [1.29, 1.82) is 0 Å². The van der Waals surface area contributed by atoms with Crippen molar-refractivity contribution in [3.63, 3.8) is 0 Å². The van der Waals surface area contributed by atoms with Gasteiger partial charge in [0.05, 0.1) is 21.3 Å². The lowest BCUT2D eigenvalue weighted by atomic mass is 10.2. The summed E-state index contributed by atoms with van der Waals surface area (Å²) in [5.41, 5.74) is -0.652. The van der Waals surface area contributed by atoms with Crippen molar-refractivity contribution in [2.24, 2.45) is 0 Å². The molecule has 0 bridgehead atoms. The summed E-state index contributed by atoms with van der Waals surface area (Å²) >= 11 is 11.7. The van der Waals surface area contributed by atoms with Gasteiger partial charge in [-0.1, -0.05) is 29.3 Å². The number of anilines is 1. The Morgan fingerprint density at radius 2 is 1.76 bits per heavy atom. The molecule has 1 atom stereocenters. The van der Waals surface area contributed by atoms with Crippen LogP contribution in [0.5, 0.6) is 0 Å². The zero-order valence-electron chi connectivity index (χ0n) is 12.6. The number of amides is 1. The number of halogens is 5. The van der Waals surface area contributed by atoms with Crippen LogP contribution in [0.4, 0.5) is 18.9 Å². The van der Waals surface area contributed by atoms with Crippen LogP contribution >= 0.6 is 23.2 Å². The Labute approximate surface area is 150 Å². The molecule has 0 aromatic heterocycles. The molecule has 2 aromatic carbocycles. The summed E-state index contributed by atoms with van der Waals surface area (Å²) in [6.07, 6.45) is -1.37. The van der Waals surface area contributed by atoms with Gasteiger partial charge < -0.3 is 10.1 Å². The van der Waals surface area contributed by atoms with Gasteiger partial charge in [0.25, 0.3) is 5.91 Å². The van der Waals surface area contributed by atoms with Crippen LogP contribution in [0.1, 0.15) is 17.3 Å². The van der Waals surface area contributed by atoms with Crippen LogP contribution in [0.15, 0.2) is 30.3 Å². The molecular weight excluding hydrogens is 382 g/mol. The fourth-order valence-corrected chi connectivity index (χ4v) is 2.17. The largest absolute Gasteiger partial charge is 0.449 e. The minimum Gasteiger partial charge on any atom is -0.449 e. The predicted molar refractivity (Wildman–Crippen MR) is 86.3 cm³/mol. The fraction of sp³-hybridized carbons (Fsp3) is 0.125. The summed E-state index contributed by atoms with van der Waals surface area (Å²) in [4.78, 5) is 24.0. The van der Waals surface area contributed by atoms with Crippen LogP contribution in [0, 0.1) is 17.5 Å². The van der Waals surface area contributed by atoms with E-state index < -0.39 is 41.1 Å². The minimum absolute atomic E-state index is 0.0478. The topological polar surface area (TPSA) is 55.4 Å². The highest BCUT2D eigenvalue weighted by Gasteiger charge is 2.23. The van der Waals surface area contributed by atoms with Gasteiger partial charge in [-0.15, -0.1) is 0 Å². The van der Waals surface area contributed by atoms with Crippen molar-refractivity contribution in [2.45, 2.75) is 13.0 Å². The highest BCUT2D eigenvalue weighted by molar-refractivity contribution is 6.43. The van der Waals surface area contributed by atoms with Gasteiger partial charge in [0.15, 0.2) is 23.6 Å². The molecule has 132 valence electrons. The molecule has 0 heterocycles. The minimum atomic E-state index is -1.73. The number of hydrogen-bond acceptors (Lipinski definition) is 3. The van der Waals surface area contributed by atoms with Crippen molar-refractivity contribution >= 4 is 40.8 Å². The average Bonchev–Trinajstić information content (AvgIpc) is 2.57. The quantitative estimate of drug-likeness (QED) is 0.612. The maximum absolute atomic E-state index is 13.5. The molecule has 0 aliphatic carbocycles. The van der Waals surface area contributed by atoms with Gasteiger partial charge >= 0.3 is 5.97 Å². The van der Waals surface area contributed by atoms with Gasteiger partial charge in [-0.3, -0.25) is 4.79 Å². The third-order valence-electron chi connectivity index (χ3n) is 3.12. The Bertz CT molecular complexity index is 846. The second-order valence-electron chi connectivity index (χ2n) is 4.86. The van der Waals surface area contributed by atoms with Crippen LogP contribution in [0.3, 0.4) is 0 Å². The molecule has 0 spiro atoms. The Morgan fingerprint density at radius 1 is 1.08 bits per heavy atom. The van der Waals surface area contributed by atoms with Gasteiger partial charge in [-0.05, 0) is 31.2 Å². The monoisotopic (exact) mass is 391 g/mol. The van der Waals surface area contributed by atoms with Crippen LogP contribution in [0.25, 0.3) is 0 Å². The summed E-state index contributed by atoms with van der Waals surface area (Å²) in [6.45, 7) is 1.21. The number of hydrogen-bond donors (Lipinski definition) is 1. The van der Waals surface area contributed by atoms with Gasteiger partial charge in [0, 0.05) is 0 Å². The van der Waals surface area contributed by atoms with E-state index in [-0.39, 0.29) is 15.6 Å². The molecule has 9 heteroatoms. The van der Waals surface area contributed by atoms with Crippen LogP contribution < -0.4 is 5.32 Å². The van der Waals surface area contributed by atoms with E-state index >= 15 is 0 Å². The fourth-order valence-electron chi connectivity index (χ4n) is 1.80. The molecule has 4 nitrogen and oxygen atoms in total. The van der Waals surface area contributed by atoms with Crippen molar-refractivity contribution in [2.75, 3.05) is 5.32 Å². The van der Waals surface area contributed by atoms with Crippen LogP contribution in [0.2, 0.25) is 10.0 Å². The van der Waals surface area contributed by atoms with E-state index in [2.05, 4.69) is 0 Å². The SMILES string of the molecule is CC(OC(=O)c1cccc(Cl)c1Cl)C(=O)Nc1ccc(F)c(F)c1F. The Balaban J connectivity index is 2.09. The maximum Gasteiger partial charge on any atom is 0.340 e. The molecule has 0 saturated carbocycles. The first-order valence-electron chi connectivity index (χ1n) is 6.81. The molecular formula is C16H10Cl2F3NO3. The lowest BCUT2D eigenvalue weighted by molar-refractivity contribution is -0.123. The first-order valence-corrected chi connectivity index (χ1v) is 7.57. The molecule has 0 aliphatic heterocycles. The highest BCUT2D eigenvalue weighted by atomic mass is 35.5. The molecule has 0 fully saturated rings. The summed E-state index contributed by atoms with van der Waals surface area (Å²) in [5.74, 6) is -6.57. The van der Waals surface area contributed by atoms with Crippen LogP contribution in [-0.4, -0.2) is 18.0 Å².